The molecule has 0 amide bonds. The molecule has 9 nitrogen and oxygen atoms in total. The van der Waals surface area contributed by atoms with Crippen LogP contribution in [0.3, 0.4) is 0 Å². The molecule has 0 spiro atoms. The van der Waals surface area contributed by atoms with E-state index in [0.717, 1.165) is 32.3 Å². The van der Waals surface area contributed by atoms with Crippen molar-refractivity contribution in [2.75, 3.05) is 30.6 Å². The Labute approximate surface area is 169 Å². The van der Waals surface area contributed by atoms with Gasteiger partial charge in [-0.1, -0.05) is 23.7 Å². The number of likely N-dealkylation sites (tertiary alicyclic amines) is 1. The van der Waals surface area contributed by atoms with E-state index in [-0.39, 0.29) is 29.0 Å². The first-order chi connectivity index (χ1) is 13.2. The van der Waals surface area contributed by atoms with Crippen molar-refractivity contribution < 1.29 is 8.42 Å². The molecule has 0 radical (unpaired) electrons. The number of benzene rings is 1. The summed E-state index contributed by atoms with van der Waals surface area (Å²) in [6.45, 7) is 1.64. The van der Waals surface area contributed by atoms with Crippen LogP contribution in [0.2, 0.25) is 5.02 Å². The van der Waals surface area contributed by atoms with E-state index < -0.39 is 10.2 Å². The van der Waals surface area contributed by atoms with Gasteiger partial charge in [0.15, 0.2) is 5.82 Å². The third-order valence-electron chi connectivity index (χ3n) is 4.53. The van der Waals surface area contributed by atoms with Gasteiger partial charge in [-0.2, -0.15) is 13.1 Å². The van der Waals surface area contributed by atoms with Crippen LogP contribution in [0, 0.1) is 5.41 Å². The Morgan fingerprint density at radius 1 is 1.25 bits per heavy atom. The monoisotopic (exact) mass is 423 g/mol. The van der Waals surface area contributed by atoms with Crippen LogP contribution in [0.4, 0.5) is 11.6 Å². The zero-order valence-corrected chi connectivity index (χ0v) is 16.9. The summed E-state index contributed by atoms with van der Waals surface area (Å²) in [5.74, 6) is -0.0418. The highest BCUT2D eigenvalue weighted by Gasteiger charge is 2.24. The van der Waals surface area contributed by atoms with Crippen LogP contribution in [0.1, 0.15) is 24.0 Å². The molecule has 1 aromatic heterocycles. The van der Waals surface area contributed by atoms with Crippen molar-refractivity contribution in [2.45, 2.75) is 18.9 Å². The van der Waals surface area contributed by atoms with Crippen LogP contribution in [0.15, 0.2) is 30.6 Å². The molecule has 0 unspecified atom stereocenters. The molecule has 0 atom stereocenters. The zero-order valence-electron chi connectivity index (χ0n) is 15.3. The number of piperidine rings is 1. The minimum Gasteiger partial charge on any atom is -0.383 e. The van der Waals surface area contributed by atoms with Gasteiger partial charge in [0.1, 0.15) is 12.1 Å². The fourth-order valence-electron chi connectivity index (χ4n) is 2.99. The predicted octanol–water partition coefficient (Wildman–Crippen LogP) is 1.47. The van der Waals surface area contributed by atoms with Gasteiger partial charge in [0.25, 0.3) is 0 Å². The van der Waals surface area contributed by atoms with Crippen molar-refractivity contribution in [2.24, 2.45) is 0 Å². The molecular formula is C17H22ClN7O2S. The van der Waals surface area contributed by atoms with Crippen molar-refractivity contribution in [3.8, 4) is 0 Å². The lowest BCUT2D eigenvalue weighted by Crippen LogP contribution is -2.45. The van der Waals surface area contributed by atoms with Gasteiger partial charge < -0.3 is 10.6 Å². The summed E-state index contributed by atoms with van der Waals surface area (Å²) in [6.07, 6.45) is 2.59. The molecule has 28 heavy (non-hydrogen) atoms. The summed E-state index contributed by atoms with van der Waals surface area (Å²) >= 11 is 5.89. The third kappa shape index (κ3) is 4.96. The molecule has 11 heteroatoms. The number of anilines is 2. The van der Waals surface area contributed by atoms with E-state index >= 15 is 0 Å². The van der Waals surface area contributed by atoms with Crippen LogP contribution in [-0.4, -0.2) is 55.2 Å². The molecule has 0 aliphatic carbocycles. The molecule has 0 saturated carbocycles. The molecule has 2 heterocycles. The SMILES string of the molecule is CN1CCC(NS(=O)(=O)Nc2ncnc(N)c2C(=N)c2ccc(Cl)cc2)CC1. The van der Waals surface area contributed by atoms with Gasteiger partial charge in [0.2, 0.25) is 0 Å². The highest BCUT2D eigenvalue weighted by molar-refractivity contribution is 7.90. The number of nitrogens with zero attached hydrogens (tertiary/aromatic N) is 3. The number of hydrogen-bond acceptors (Lipinski definition) is 7. The molecule has 1 aliphatic rings. The molecule has 3 rings (SSSR count). The number of halogens is 1. The van der Waals surface area contributed by atoms with E-state index in [4.69, 9.17) is 22.7 Å². The van der Waals surface area contributed by atoms with Crippen molar-refractivity contribution in [1.29, 1.82) is 5.41 Å². The highest BCUT2D eigenvalue weighted by atomic mass is 35.5. The predicted molar refractivity (Wildman–Crippen MR) is 110 cm³/mol. The molecule has 0 bridgehead atoms. The van der Waals surface area contributed by atoms with E-state index in [0.29, 0.717) is 10.6 Å². The van der Waals surface area contributed by atoms with Crippen LogP contribution in [-0.2, 0) is 10.2 Å². The Kier molecular flexibility index (Phi) is 6.14. The van der Waals surface area contributed by atoms with E-state index in [2.05, 4.69) is 24.3 Å². The van der Waals surface area contributed by atoms with Gasteiger partial charge in [-0.15, -0.1) is 0 Å². The number of aromatic nitrogens is 2. The van der Waals surface area contributed by atoms with Crippen LogP contribution in [0.25, 0.3) is 0 Å². The molecule has 5 N–H and O–H groups in total. The second-order valence-corrected chi connectivity index (χ2v) is 8.55. The quantitative estimate of drug-likeness (QED) is 0.519. The summed E-state index contributed by atoms with van der Waals surface area (Å²) in [6, 6.07) is 6.40. The summed E-state index contributed by atoms with van der Waals surface area (Å²) in [4.78, 5) is 10.0. The normalized spacial score (nSPS) is 16.1. The lowest BCUT2D eigenvalue weighted by atomic mass is 10.0. The van der Waals surface area contributed by atoms with Crippen LogP contribution >= 0.6 is 11.6 Å². The second kappa shape index (κ2) is 8.39. The van der Waals surface area contributed by atoms with E-state index in [1.54, 1.807) is 24.3 Å². The maximum Gasteiger partial charge on any atom is 0.300 e. The van der Waals surface area contributed by atoms with Crippen molar-refractivity contribution in [3.05, 3.63) is 46.7 Å². The number of nitrogens with two attached hydrogens (primary N) is 1. The van der Waals surface area contributed by atoms with Gasteiger partial charge in [-0.25, -0.2) is 9.97 Å². The largest absolute Gasteiger partial charge is 0.383 e. The summed E-state index contributed by atoms with van der Waals surface area (Å²) in [5, 5.41) is 8.97. The average molecular weight is 424 g/mol. The molecule has 1 saturated heterocycles. The first-order valence-corrected chi connectivity index (χ1v) is 10.6. The van der Waals surface area contributed by atoms with Gasteiger partial charge >= 0.3 is 10.2 Å². The fraction of sp³-hybridized carbons (Fsp3) is 0.353. The van der Waals surface area contributed by atoms with E-state index in [9.17, 15) is 8.42 Å². The van der Waals surface area contributed by atoms with Crippen molar-refractivity contribution in [1.82, 2.24) is 19.6 Å². The van der Waals surface area contributed by atoms with Gasteiger partial charge in [-0.3, -0.25) is 10.1 Å². The third-order valence-corrected chi connectivity index (χ3v) is 5.89. The Bertz CT molecular complexity index is 958. The molecular weight excluding hydrogens is 402 g/mol. The standard InChI is InChI=1S/C17H22ClN7O2S/c1-25-8-6-13(7-9-25)23-28(26,27)24-17-14(16(20)21-10-22-17)15(19)11-2-4-12(18)5-3-11/h2-5,10,13,19,23H,6-9H2,1H3,(H3,20,21,22,24). The lowest BCUT2D eigenvalue weighted by molar-refractivity contribution is 0.248. The topological polar surface area (TPSA) is 137 Å². The number of nitrogens with one attached hydrogen (secondary N) is 3. The minimum absolute atomic E-state index is 0.00643. The van der Waals surface area contributed by atoms with E-state index in [1.807, 2.05) is 7.05 Å². The molecule has 150 valence electrons. The molecule has 1 aromatic carbocycles. The van der Waals surface area contributed by atoms with Crippen molar-refractivity contribution in [3.63, 3.8) is 0 Å². The number of rotatable bonds is 6. The fourth-order valence-corrected chi connectivity index (χ4v) is 4.26. The zero-order chi connectivity index (χ0) is 20.3. The second-order valence-electron chi connectivity index (χ2n) is 6.67. The number of nitrogen functional groups attached to an aromatic ring is 1. The molecule has 1 aliphatic heterocycles. The maximum atomic E-state index is 12.6. The van der Waals surface area contributed by atoms with Gasteiger partial charge in [0, 0.05) is 16.6 Å². The molecule has 2 aromatic rings. The smallest absolute Gasteiger partial charge is 0.300 e. The van der Waals surface area contributed by atoms with Crippen LogP contribution < -0.4 is 15.2 Å². The Balaban J connectivity index is 1.83. The highest BCUT2D eigenvalue weighted by Crippen LogP contribution is 2.23. The number of hydrogen-bond donors (Lipinski definition) is 4. The minimum atomic E-state index is -3.90. The van der Waals surface area contributed by atoms with E-state index in [1.165, 1.54) is 0 Å². The Morgan fingerprint density at radius 3 is 2.54 bits per heavy atom. The average Bonchev–Trinajstić information content (AvgIpc) is 2.63. The van der Waals surface area contributed by atoms with Gasteiger partial charge in [-0.05, 0) is 45.1 Å². The molecule has 1 fully saturated rings. The Morgan fingerprint density at radius 2 is 1.89 bits per heavy atom. The van der Waals surface area contributed by atoms with Crippen LogP contribution in [0.5, 0.6) is 0 Å². The summed E-state index contributed by atoms with van der Waals surface area (Å²) in [7, 11) is -1.89. The summed E-state index contributed by atoms with van der Waals surface area (Å²) in [5.41, 5.74) is 6.54. The maximum absolute atomic E-state index is 12.6. The Hall–Kier alpha value is -2.27. The van der Waals surface area contributed by atoms with Crippen molar-refractivity contribution >= 4 is 39.2 Å². The lowest BCUT2D eigenvalue weighted by Gasteiger charge is -2.29. The first-order valence-electron chi connectivity index (χ1n) is 8.69. The summed E-state index contributed by atoms with van der Waals surface area (Å²) < 4.78 is 30.2. The van der Waals surface area contributed by atoms with Gasteiger partial charge in [0.05, 0.1) is 11.3 Å². The first kappa shape index (κ1) is 20.5.